The van der Waals surface area contributed by atoms with Crippen molar-refractivity contribution >= 4 is 23.2 Å². The molecule has 1 aromatic heterocycles. The minimum Gasteiger partial charge on any atom is -0.506 e. The Bertz CT molecular complexity index is 680. The lowest BCUT2D eigenvalue weighted by Gasteiger charge is -2.07. The number of aromatic nitrogens is 1. The van der Waals surface area contributed by atoms with Crippen LogP contribution < -0.4 is 5.32 Å². The second kappa shape index (κ2) is 5.38. The van der Waals surface area contributed by atoms with Gasteiger partial charge in [0.2, 0.25) is 0 Å². The van der Waals surface area contributed by atoms with Crippen LogP contribution in [0.1, 0.15) is 15.9 Å². The first-order valence-electron chi connectivity index (χ1n) is 5.25. The largest absolute Gasteiger partial charge is 0.506 e. The SMILES string of the molecule is N#Cc1ccc(Cl)c(NC(=O)c2cncc(O)c2)c1. The van der Waals surface area contributed by atoms with Crippen LogP contribution in [-0.2, 0) is 0 Å². The first-order valence-corrected chi connectivity index (χ1v) is 5.63. The van der Waals surface area contributed by atoms with E-state index in [1.165, 1.54) is 30.6 Å². The molecule has 0 aliphatic rings. The molecule has 5 nitrogen and oxygen atoms in total. The summed E-state index contributed by atoms with van der Waals surface area (Å²) >= 11 is 5.93. The minimum absolute atomic E-state index is 0.107. The number of rotatable bonds is 2. The molecule has 0 radical (unpaired) electrons. The number of pyridine rings is 1. The first-order chi connectivity index (χ1) is 9.10. The van der Waals surface area contributed by atoms with E-state index in [1.807, 2.05) is 6.07 Å². The van der Waals surface area contributed by atoms with Gasteiger partial charge in [0.05, 0.1) is 34.1 Å². The van der Waals surface area contributed by atoms with Crippen molar-refractivity contribution in [3.63, 3.8) is 0 Å². The number of anilines is 1. The van der Waals surface area contributed by atoms with Crippen LogP contribution in [0.4, 0.5) is 5.69 Å². The Balaban J connectivity index is 2.27. The Hall–Kier alpha value is -2.58. The highest BCUT2D eigenvalue weighted by atomic mass is 35.5. The summed E-state index contributed by atoms with van der Waals surface area (Å²) in [6.45, 7) is 0. The summed E-state index contributed by atoms with van der Waals surface area (Å²) < 4.78 is 0. The Morgan fingerprint density at radius 2 is 2.16 bits per heavy atom. The van der Waals surface area contributed by atoms with Crippen LogP contribution in [-0.4, -0.2) is 16.0 Å². The Morgan fingerprint density at radius 3 is 2.84 bits per heavy atom. The molecule has 2 N–H and O–H groups in total. The molecular weight excluding hydrogens is 266 g/mol. The number of benzene rings is 1. The number of hydrogen-bond acceptors (Lipinski definition) is 4. The van der Waals surface area contributed by atoms with Crippen molar-refractivity contribution in [2.24, 2.45) is 0 Å². The summed E-state index contributed by atoms with van der Waals surface area (Å²) in [7, 11) is 0. The molecule has 0 spiro atoms. The monoisotopic (exact) mass is 273 g/mol. The van der Waals surface area contributed by atoms with Crippen LogP contribution in [0.3, 0.4) is 0 Å². The van der Waals surface area contributed by atoms with E-state index in [-0.39, 0.29) is 11.3 Å². The van der Waals surface area contributed by atoms with Crippen LogP contribution in [0, 0.1) is 11.3 Å². The maximum absolute atomic E-state index is 11.9. The van der Waals surface area contributed by atoms with Gasteiger partial charge in [-0.3, -0.25) is 9.78 Å². The quantitative estimate of drug-likeness (QED) is 0.880. The Labute approximate surface area is 114 Å². The Morgan fingerprint density at radius 1 is 1.37 bits per heavy atom. The number of amides is 1. The van der Waals surface area contributed by atoms with E-state index in [0.717, 1.165) is 0 Å². The fraction of sp³-hybridized carbons (Fsp3) is 0. The van der Waals surface area contributed by atoms with E-state index < -0.39 is 5.91 Å². The molecule has 0 saturated heterocycles. The van der Waals surface area contributed by atoms with E-state index in [4.69, 9.17) is 16.9 Å². The van der Waals surface area contributed by atoms with Crippen LogP contribution in [0.15, 0.2) is 36.7 Å². The van der Waals surface area contributed by atoms with Crippen LogP contribution in [0.5, 0.6) is 5.75 Å². The molecule has 0 atom stereocenters. The molecule has 0 aliphatic carbocycles. The molecule has 2 aromatic rings. The fourth-order valence-corrected chi connectivity index (χ4v) is 1.60. The number of carbonyl (C=O) groups is 1. The van der Waals surface area contributed by atoms with Crippen molar-refractivity contribution in [3.05, 3.63) is 52.8 Å². The molecule has 0 saturated carbocycles. The molecule has 0 fully saturated rings. The average Bonchev–Trinajstić information content (AvgIpc) is 2.41. The van der Waals surface area contributed by atoms with Crippen molar-refractivity contribution in [1.29, 1.82) is 5.26 Å². The van der Waals surface area contributed by atoms with Crippen molar-refractivity contribution in [3.8, 4) is 11.8 Å². The summed E-state index contributed by atoms with van der Waals surface area (Å²) in [5.41, 5.74) is 0.904. The molecule has 0 bridgehead atoms. The van der Waals surface area contributed by atoms with Crippen molar-refractivity contribution in [2.45, 2.75) is 0 Å². The third-order valence-corrected chi connectivity index (χ3v) is 2.66. The second-order valence-electron chi connectivity index (χ2n) is 3.69. The number of nitriles is 1. The van der Waals surface area contributed by atoms with Gasteiger partial charge in [0.1, 0.15) is 5.75 Å². The molecule has 19 heavy (non-hydrogen) atoms. The predicted molar refractivity (Wildman–Crippen MR) is 70.0 cm³/mol. The highest BCUT2D eigenvalue weighted by Gasteiger charge is 2.10. The van der Waals surface area contributed by atoms with E-state index in [1.54, 1.807) is 6.07 Å². The van der Waals surface area contributed by atoms with Gasteiger partial charge in [-0.05, 0) is 24.3 Å². The van der Waals surface area contributed by atoms with Gasteiger partial charge >= 0.3 is 0 Å². The van der Waals surface area contributed by atoms with Gasteiger partial charge in [-0.1, -0.05) is 11.6 Å². The lowest BCUT2D eigenvalue weighted by Crippen LogP contribution is -2.12. The van der Waals surface area contributed by atoms with E-state index in [0.29, 0.717) is 16.3 Å². The number of hydrogen-bond donors (Lipinski definition) is 2. The van der Waals surface area contributed by atoms with Gasteiger partial charge in [0.15, 0.2) is 0 Å². The minimum atomic E-state index is -0.472. The number of aromatic hydroxyl groups is 1. The van der Waals surface area contributed by atoms with Gasteiger partial charge < -0.3 is 10.4 Å². The van der Waals surface area contributed by atoms with Crippen molar-refractivity contribution in [1.82, 2.24) is 4.98 Å². The smallest absolute Gasteiger partial charge is 0.257 e. The van der Waals surface area contributed by atoms with Gasteiger partial charge in [-0.2, -0.15) is 5.26 Å². The predicted octanol–water partition coefficient (Wildman–Crippen LogP) is 2.56. The molecule has 1 heterocycles. The summed E-state index contributed by atoms with van der Waals surface area (Å²) in [5, 5.41) is 20.9. The molecular formula is C13H8ClN3O2. The average molecular weight is 274 g/mol. The van der Waals surface area contributed by atoms with Gasteiger partial charge in [0, 0.05) is 6.20 Å². The highest BCUT2D eigenvalue weighted by molar-refractivity contribution is 6.34. The third-order valence-electron chi connectivity index (χ3n) is 2.33. The molecule has 6 heteroatoms. The summed E-state index contributed by atoms with van der Waals surface area (Å²) in [6, 6.07) is 7.78. The van der Waals surface area contributed by atoms with Gasteiger partial charge in [0.25, 0.3) is 5.91 Å². The standard InChI is InChI=1S/C13H8ClN3O2/c14-11-2-1-8(5-15)3-12(11)17-13(19)9-4-10(18)7-16-6-9/h1-4,6-7,18H,(H,17,19). The topological polar surface area (TPSA) is 86.0 Å². The Kier molecular flexibility index (Phi) is 3.64. The fourth-order valence-electron chi connectivity index (χ4n) is 1.44. The molecule has 0 unspecified atom stereocenters. The summed E-state index contributed by atoms with van der Waals surface area (Å²) in [4.78, 5) is 15.6. The maximum atomic E-state index is 11.9. The van der Waals surface area contributed by atoms with Gasteiger partial charge in [-0.15, -0.1) is 0 Å². The van der Waals surface area contributed by atoms with Crippen molar-refractivity contribution in [2.75, 3.05) is 5.32 Å². The molecule has 0 aliphatic heterocycles. The zero-order valence-corrected chi connectivity index (χ0v) is 10.3. The highest BCUT2D eigenvalue weighted by Crippen LogP contribution is 2.23. The number of nitrogens with zero attached hydrogens (tertiary/aromatic N) is 2. The zero-order valence-electron chi connectivity index (χ0n) is 9.59. The van der Waals surface area contributed by atoms with E-state index in [9.17, 15) is 9.90 Å². The van der Waals surface area contributed by atoms with E-state index >= 15 is 0 Å². The number of carbonyl (C=O) groups excluding carboxylic acids is 1. The zero-order chi connectivity index (χ0) is 13.8. The lowest BCUT2D eigenvalue weighted by atomic mass is 10.2. The number of halogens is 1. The second-order valence-corrected chi connectivity index (χ2v) is 4.10. The molecule has 94 valence electrons. The molecule has 1 amide bonds. The lowest BCUT2D eigenvalue weighted by molar-refractivity contribution is 0.102. The van der Waals surface area contributed by atoms with Crippen LogP contribution in [0.2, 0.25) is 5.02 Å². The molecule has 1 aromatic carbocycles. The summed E-state index contributed by atoms with van der Waals surface area (Å²) in [6.07, 6.45) is 2.54. The first kappa shape index (κ1) is 12.9. The molecule has 2 rings (SSSR count). The number of nitrogens with one attached hydrogen (secondary N) is 1. The van der Waals surface area contributed by atoms with Crippen LogP contribution >= 0.6 is 11.6 Å². The summed E-state index contributed by atoms with van der Waals surface area (Å²) in [5.74, 6) is -0.579. The normalized spacial score (nSPS) is 9.68. The van der Waals surface area contributed by atoms with Crippen molar-refractivity contribution < 1.29 is 9.90 Å². The maximum Gasteiger partial charge on any atom is 0.257 e. The third kappa shape index (κ3) is 3.00. The van der Waals surface area contributed by atoms with Crippen LogP contribution in [0.25, 0.3) is 0 Å². The van der Waals surface area contributed by atoms with Gasteiger partial charge in [-0.25, -0.2) is 0 Å². The van der Waals surface area contributed by atoms with E-state index in [2.05, 4.69) is 10.3 Å².